The third-order valence-electron chi connectivity index (χ3n) is 4.33. The van der Waals surface area contributed by atoms with Gasteiger partial charge in [-0.05, 0) is 35.9 Å². The lowest BCUT2D eigenvalue weighted by Gasteiger charge is -2.09. The van der Waals surface area contributed by atoms with Crippen LogP contribution in [0.1, 0.15) is 5.56 Å². The van der Waals surface area contributed by atoms with Gasteiger partial charge < -0.3 is 25.1 Å². The summed E-state index contributed by atoms with van der Waals surface area (Å²) in [5.41, 5.74) is 9.24. The molecule has 3 N–H and O–H groups in total. The van der Waals surface area contributed by atoms with Gasteiger partial charge in [-0.2, -0.15) is 9.97 Å². The largest absolute Gasteiger partial charge is 0.573 e. The normalized spacial score (nSPS) is 11.5. The van der Waals surface area contributed by atoms with Crippen LogP contribution in [0.25, 0.3) is 11.0 Å². The lowest BCUT2D eigenvalue weighted by molar-refractivity contribution is -0.274. The van der Waals surface area contributed by atoms with E-state index in [4.69, 9.17) is 10.5 Å². The molecule has 0 aliphatic heterocycles. The van der Waals surface area contributed by atoms with Gasteiger partial charge in [0, 0.05) is 19.3 Å². The Labute approximate surface area is 174 Å². The van der Waals surface area contributed by atoms with E-state index in [1.807, 2.05) is 35.9 Å². The zero-order valence-electron chi connectivity index (χ0n) is 16.2. The highest BCUT2D eigenvalue weighted by molar-refractivity contribution is 5.81. The van der Waals surface area contributed by atoms with Gasteiger partial charge in [-0.25, -0.2) is 4.98 Å². The highest BCUT2D eigenvalue weighted by Crippen LogP contribution is 2.24. The quantitative estimate of drug-likeness (QED) is 0.441. The van der Waals surface area contributed by atoms with Gasteiger partial charge in [0.05, 0.1) is 23.4 Å². The number of halogens is 3. The molecule has 11 heteroatoms. The Balaban J connectivity index is 1.37. The maximum atomic E-state index is 12.2. The van der Waals surface area contributed by atoms with Crippen LogP contribution >= 0.6 is 0 Å². The standard InChI is InChI=1S/C20H17F3N6O2/c1-29-17-8-13(24)4-7-16(17)28-18(29)25-9-12-2-5-14(6-3-12)30-19-26-10-15(11-27-19)31-20(21,22)23/h2-8,10-11H,9,24H2,1H3,(H,25,28). The molecule has 0 unspecified atom stereocenters. The number of alkyl halides is 3. The van der Waals surface area contributed by atoms with E-state index in [1.165, 1.54) is 0 Å². The van der Waals surface area contributed by atoms with E-state index >= 15 is 0 Å². The van der Waals surface area contributed by atoms with Crippen molar-refractivity contribution >= 4 is 22.7 Å². The Morgan fingerprint density at radius 2 is 1.74 bits per heavy atom. The number of hydrogen-bond donors (Lipinski definition) is 2. The monoisotopic (exact) mass is 430 g/mol. The van der Waals surface area contributed by atoms with Gasteiger partial charge in [-0.3, -0.25) is 0 Å². The average molecular weight is 430 g/mol. The summed E-state index contributed by atoms with van der Waals surface area (Å²) in [6, 6.07) is 12.5. The fraction of sp³-hybridized carbons (Fsp3) is 0.150. The summed E-state index contributed by atoms with van der Waals surface area (Å²) in [5, 5.41) is 3.27. The van der Waals surface area contributed by atoms with Crippen LogP contribution in [0.2, 0.25) is 0 Å². The van der Waals surface area contributed by atoms with Gasteiger partial charge in [0.25, 0.3) is 0 Å². The number of anilines is 2. The van der Waals surface area contributed by atoms with E-state index in [0.717, 1.165) is 29.0 Å². The molecule has 0 aliphatic carbocycles. The highest BCUT2D eigenvalue weighted by Gasteiger charge is 2.31. The van der Waals surface area contributed by atoms with Crippen LogP contribution in [0.3, 0.4) is 0 Å². The first-order valence-corrected chi connectivity index (χ1v) is 9.07. The molecule has 0 aliphatic rings. The van der Waals surface area contributed by atoms with Crippen LogP contribution in [-0.2, 0) is 13.6 Å². The number of imidazole rings is 1. The number of nitrogens with one attached hydrogen (secondary N) is 1. The van der Waals surface area contributed by atoms with E-state index in [1.54, 1.807) is 18.2 Å². The molecule has 0 spiro atoms. The number of aromatic nitrogens is 4. The number of hydrogen-bond acceptors (Lipinski definition) is 7. The van der Waals surface area contributed by atoms with Crippen LogP contribution in [-0.4, -0.2) is 25.9 Å². The SMILES string of the molecule is Cn1c(NCc2ccc(Oc3ncc(OC(F)(F)F)cn3)cc2)nc2ccc(N)cc21. The molecule has 31 heavy (non-hydrogen) atoms. The molecular formula is C20H17F3N6O2. The molecule has 0 radical (unpaired) electrons. The predicted molar refractivity (Wildman–Crippen MR) is 108 cm³/mol. The topological polar surface area (TPSA) is 100 Å². The lowest BCUT2D eigenvalue weighted by atomic mass is 10.2. The zero-order chi connectivity index (χ0) is 22.0. The third kappa shape index (κ3) is 4.94. The minimum absolute atomic E-state index is 0.0978. The molecule has 0 saturated heterocycles. The minimum Gasteiger partial charge on any atom is -0.424 e. The van der Waals surface area contributed by atoms with Crippen molar-refractivity contribution in [3.05, 3.63) is 60.4 Å². The number of nitrogens with two attached hydrogens (primary N) is 1. The molecule has 0 bridgehead atoms. The van der Waals surface area contributed by atoms with E-state index in [-0.39, 0.29) is 6.01 Å². The number of aryl methyl sites for hydroxylation is 1. The van der Waals surface area contributed by atoms with Crippen molar-refractivity contribution in [1.29, 1.82) is 0 Å². The fourth-order valence-electron chi connectivity index (χ4n) is 2.87. The molecular weight excluding hydrogens is 413 g/mol. The second kappa shape index (κ2) is 8.01. The Morgan fingerprint density at radius 1 is 1.03 bits per heavy atom. The summed E-state index contributed by atoms with van der Waals surface area (Å²) in [7, 11) is 1.90. The maximum Gasteiger partial charge on any atom is 0.573 e. The summed E-state index contributed by atoms with van der Waals surface area (Å²) >= 11 is 0. The lowest BCUT2D eigenvalue weighted by Crippen LogP contribution is -2.17. The van der Waals surface area contributed by atoms with Gasteiger partial charge >= 0.3 is 12.4 Å². The first-order valence-electron chi connectivity index (χ1n) is 9.07. The van der Waals surface area contributed by atoms with Crippen LogP contribution in [0.15, 0.2) is 54.9 Å². The van der Waals surface area contributed by atoms with Gasteiger partial charge in [-0.15, -0.1) is 13.2 Å². The van der Waals surface area contributed by atoms with Gasteiger partial charge in [0.1, 0.15) is 5.75 Å². The van der Waals surface area contributed by atoms with Crippen molar-refractivity contribution in [3.8, 4) is 17.5 Å². The Bertz CT molecular complexity index is 1190. The van der Waals surface area contributed by atoms with Gasteiger partial charge in [0.2, 0.25) is 5.95 Å². The summed E-state index contributed by atoms with van der Waals surface area (Å²) in [5.74, 6) is 0.618. The van der Waals surface area contributed by atoms with E-state index in [0.29, 0.717) is 23.9 Å². The third-order valence-corrected chi connectivity index (χ3v) is 4.33. The number of nitrogen functional groups attached to an aromatic ring is 1. The minimum atomic E-state index is -4.80. The molecule has 2 heterocycles. The maximum absolute atomic E-state index is 12.2. The molecule has 2 aromatic heterocycles. The van der Waals surface area contributed by atoms with Crippen LogP contribution in [0.4, 0.5) is 24.8 Å². The molecule has 8 nitrogen and oxygen atoms in total. The van der Waals surface area contributed by atoms with E-state index < -0.39 is 12.1 Å². The van der Waals surface area contributed by atoms with Crippen molar-refractivity contribution in [2.24, 2.45) is 7.05 Å². The summed E-state index contributed by atoms with van der Waals surface area (Å²) in [4.78, 5) is 12.0. The Morgan fingerprint density at radius 3 is 2.42 bits per heavy atom. The van der Waals surface area contributed by atoms with E-state index in [9.17, 15) is 13.2 Å². The molecule has 0 amide bonds. The number of fused-ring (bicyclic) bond motifs is 1. The molecule has 0 atom stereocenters. The summed E-state index contributed by atoms with van der Waals surface area (Å²) < 4.78 is 47.6. The van der Waals surface area contributed by atoms with Crippen molar-refractivity contribution < 1.29 is 22.6 Å². The van der Waals surface area contributed by atoms with Gasteiger partial charge in [0.15, 0.2) is 5.75 Å². The first-order chi connectivity index (χ1) is 14.8. The zero-order valence-corrected chi connectivity index (χ0v) is 16.2. The van der Waals surface area contributed by atoms with Crippen LogP contribution in [0, 0.1) is 0 Å². The Kier molecular flexibility index (Phi) is 5.24. The second-order valence-corrected chi connectivity index (χ2v) is 6.59. The predicted octanol–water partition coefficient (Wildman–Crippen LogP) is 4.25. The number of ether oxygens (including phenoxy) is 2. The van der Waals surface area contributed by atoms with Crippen molar-refractivity contribution in [2.45, 2.75) is 12.9 Å². The van der Waals surface area contributed by atoms with E-state index in [2.05, 4.69) is 25.0 Å². The Hall–Kier alpha value is -4.02. The van der Waals surface area contributed by atoms with Gasteiger partial charge in [-0.1, -0.05) is 12.1 Å². The second-order valence-electron chi connectivity index (χ2n) is 6.59. The van der Waals surface area contributed by atoms with Crippen molar-refractivity contribution in [1.82, 2.24) is 19.5 Å². The molecule has 2 aromatic carbocycles. The highest BCUT2D eigenvalue weighted by atomic mass is 19.4. The number of benzene rings is 2. The fourth-order valence-corrected chi connectivity index (χ4v) is 2.87. The molecule has 0 saturated carbocycles. The smallest absolute Gasteiger partial charge is 0.424 e. The summed E-state index contributed by atoms with van der Waals surface area (Å²) in [6.07, 6.45) is -3.03. The average Bonchev–Trinajstić information content (AvgIpc) is 3.03. The molecule has 4 rings (SSSR count). The number of rotatable bonds is 6. The molecule has 0 fully saturated rings. The molecule has 160 valence electrons. The van der Waals surface area contributed by atoms with Crippen LogP contribution < -0.4 is 20.5 Å². The molecule has 4 aromatic rings. The first kappa shape index (κ1) is 20.3. The van der Waals surface area contributed by atoms with Crippen molar-refractivity contribution in [3.63, 3.8) is 0 Å². The number of nitrogens with zero attached hydrogens (tertiary/aromatic N) is 4. The van der Waals surface area contributed by atoms with Crippen molar-refractivity contribution in [2.75, 3.05) is 11.1 Å². The summed E-state index contributed by atoms with van der Waals surface area (Å²) in [6.45, 7) is 0.521. The van der Waals surface area contributed by atoms with Crippen LogP contribution in [0.5, 0.6) is 17.5 Å².